The Bertz CT molecular complexity index is 809. The number of pyridine rings is 1. The highest BCUT2D eigenvalue weighted by atomic mass is 16.5. The van der Waals surface area contributed by atoms with Gasteiger partial charge in [-0.25, -0.2) is 0 Å². The number of aromatic amines is 1. The summed E-state index contributed by atoms with van der Waals surface area (Å²) in [6.45, 7) is 3.41. The number of H-pyrrole nitrogens is 1. The van der Waals surface area contributed by atoms with Crippen LogP contribution in [0.1, 0.15) is 31.7 Å². The molecule has 3 rings (SSSR count). The first-order valence-corrected chi connectivity index (χ1v) is 8.70. The molecule has 1 amide bonds. The molecule has 1 atom stereocenters. The van der Waals surface area contributed by atoms with E-state index in [1.165, 1.54) is 0 Å². The summed E-state index contributed by atoms with van der Waals surface area (Å²) in [7, 11) is 1.59. The number of ether oxygens (including phenoxy) is 2. The van der Waals surface area contributed by atoms with Crippen LogP contribution in [0.3, 0.4) is 0 Å². The lowest BCUT2D eigenvalue weighted by molar-refractivity contribution is -0.133. The van der Waals surface area contributed by atoms with Crippen molar-refractivity contribution < 1.29 is 14.3 Å². The van der Waals surface area contributed by atoms with Crippen LogP contribution in [0.2, 0.25) is 0 Å². The Labute approximate surface area is 146 Å². The topological polar surface area (TPSA) is 71.6 Å². The van der Waals surface area contributed by atoms with E-state index in [4.69, 9.17) is 9.47 Å². The van der Waals surface area contributed by atoms with Gasteiger partial charge in [0.1, 0.15) is 5.75 Å². The first-order chi connectivity index (χ1) is 12.1. The van der Waals surface area contributed by atoms with E-state index in [0.717, 1.165) is 30.4 Å². The van der Waals surface area contributed by atoms with E-state index in [9.17, 15) is 9.59 Å². The number of aromatic nitrogens is 1. The van der Waals surface area contributed by atoms with Crippen LogP contribution in [0.5, 0.6) is 5.75 Å². The van der Waals surface area contributed by atoms with Crippen LogP contribution >= 0.6 is 0 Å². The number of carbonyl (C=O) groups is 1. The minimum absolute atomic E-state index is 0.0322. The van der Waals surface area contributed by atoms with Crippen molar-refractivity contribution in [3.05, 3.63) is 40.2 Å². The molecule has 1 aromatic carbocycles. The van der Waals surface area contributed by atoms with Crippen LogP contribution in [-0.2, 0) is 16.1 Å². The first-order valence-electron chi connectivity index (χ1n) is 8.70. The molecule has 1 saturated heterocycles. The van der Waals surface area contributed by atoms with Gasteiger partial charge >= 0.3 is 0 Å². The minimum Gasteiger partial charge on any atom is -0.497 e. The maximum atomic E-state index is 12.5. The van der Waals surface area contributed by atoms with Crippen molar-refractivity contribution in [2.24, 2.45) is 0 Å². The molecule has 6 heteroatoms. The van der Waals surface area contributed by atoms with E-state index < -0.39 is 0 Å². The van der Waals surface area contributed by atoms with Crippen molar-refractivity contribution in [1.29, 1.82) is 0 Å². The number of amides is 1. The van der Waals surface area contributed by atoms with Crippen LogP contribution < -0.4 is 10.3 Å². The summed E-state index contributed by atoms with van der Waals surface area (Å²) in [6.07, 6.45) is 2.47. The van der Waals surface area contributed by atoms with Gasteiger partial charge in [-0.05, 0) is 36.4 Å². The second-order valence-electron chi connectivity index (χ2n) is 6.34. The van der Waals surface area contributed by atoms with E-state index in [1.54, 1.807) is 18.1 Å². The summed E-state index contributed by atoms with van der Waals surface area (Å²) < 4.78 is 10.8. The molecule has 0 saturated carbocycles. The lowest BCUT2D eigenvalue weighted by Gasteiger charge is -2.25. The summed E-state index contributed by atoms with van der Waals surface area (Å²) >= 11 is 0. The third kappa shape index (κ3) is 4.02. The summed E-state index contributed by atoms with van der Waals surface area (Å²) in [5.74, 6) is 0.724. The fourth-order valence-corrected chi connectivity index (χ4v) is 3.19. The lowest BCUT2D eigenvalue weighted by Crippen LogP contribution is -2.37. The molecule has 0 spiro atoms. The highest BCUT2D eigenvalue weighted by Crippen LogP contribution is 2.20. The molecule has 134 valence electrons. The van der Waals surface area contributed by atoms with Gasteiger partial charge in [0.05, 0.1) is 25.3 Å². The second kappa shape index (κ2) is 7.70. The van der Waals surface area contributed by atoms with Crippen LogP contribution in [0, 0.1) is 0 Å². The lowest BCUT2D eigenvalue weighted by atomic mass is 10.1. The van der Waals surface area contributed by atoms with E-state index >= 15 is 0 Å². The number of fused-ring (bicyclic) bond motifs is 1. The number of hydrogen-bond donors (Lipinski definition) is 1. The molecule has 1 N–H and O–H groups in total. The van der Waals surface area contributed by atoms with Crippen molar-refractivity contribution in [3.63, 3.8) is 0 Å². The average molecular weight is 344 g/mol. The molecule has 2 heterocycles. The highest BCUT2D eigenvalue weighted by Gasteiger charge is 2.22. The maximum absolute atomic E-state index is 12.5. The van der Waals surface area contributed by atoms with E-state index in [2.05, 4.69) is 4.98 Å². The van der Waals surface area contributed by atoms with Gasteiger partial charge in [0.2, 0.25) is 5.91 Å². The second-order valence-corrected chi connectivity index (χ2v) is 6.34. The molecule has 0 aliphatic carbocycles. The number of methoxy groups -OCH3 is 1. The molecular formula is C19H24N2O4. The van der Waals surface area contributed by atoms with Crippen molar-refractivity contribution in [2.75, 3.05) is 20.3 Å². The number of nitrogens with zero attached hydrogens (tertiary/aromatic N) is 1. The highest BCUT2D eigenvalue weighted by molar-refractivity contribution is 5.81. The van der Waals surface area contributed by atoms with Gasteiger partial charge in [-0.15, -0.1) is 0 Å². The van der Waals surface area contributed by atoms with E-state index in [0.29, 0.717) is 30.8 Å². The maximum Gasteiger partial charge on any atom is 0.253 e. The van der Waals surface area contributed by atoms with Crippen molar-refractivity contribution >= 4 is 16.8 Å². The number of benzene rings is 1. The Morgan fingerprint density at radius 1 is 1.40 bits per heavy atom. The molecule has 0 unspecified atom stereocenters. The normalized spacial score (nSPS) is 17.0. The van der Waals surface area contributed by atoms with Crippen molar-refractivity contribution in [1.82, 2.24) is 9.88 Å². The van der Waals surface area contributed by atoms with Crippen LogP contribution in [0.15, 0.2) is 29.1 Å². The quantitative estimate of drug-likeness (QED) is 0.874. The molecule has 0 radical (unpaired) electrons. The fraction of sp³-hybridized carbons (Fsp3) is 0.474. The third-order valence-electron chi connectivity index (χ3n) is 4.59. The Kier molecular flexibility index (Phi) is 5.38. The zero-order valence-electron chi connectivity index (χ0n) is 14.7. The molecule has 2 aromatic rings. The number of hydrogen-bond acceptors (Lipinski definition) is 4. The van der Waals surface area contributed by atoms with Crippen LogP contribution in [-0.4, -0.2) is 42.2 Å². The van der Waals surface area contributed by atoms with Gasteiger partial charge in [0, 0.05) is 31.2 Å². The summed E-state index contributed by atoms with van der Waals surface area (Å²) in [5, 5.41) is 0.913. The van der Waals surface area contributed by atoms with Gasteiger partial charge in [0.15, 0.2) is 0 Å². The van der Waals surface area contributed by atoms with Gasteiger partial charge in [-0.3, -0.25) is 9.59 Å². The number of carbonyl (C=O) groups excluding carboxylic acids is 1. The fourth-order valence-electron chi connectivity index (χ4n) is 3.19. The Morgan fingerprint density at radius 3 is 2.92 bits per heavy atom. The molecule has 1 aromatic heterocycles. The minimum atomic E-state index is -0.179. The molecular weight excluding hydrogens is 320 g/mol. The molecule has 6 nitrogen and oxygen atoms in total. The number of rotatable bonds is 6. The Morgan fingerprint density at radius 2 is 2.24 bits per heavy atom. The first kappa shape index (κ1) is 17.5. The van der Waals surface area contributed by atoms with E-state index in [1.807, 2.05) is 25.1 Å². The van der Waals surface area contributed by atoms with Crippen molar-refractivity contribution in [3.8, 4) is 5.75 Å². The summed E-state index contributed by atoms with van der Waals surface area (Å²) in [5.41, 5.74) is 1.13. The van der Waals surface area contributed by atoms with Gasteiger partial charge < -0.3 is 19.4 Å². The molecule has 1 aliphatic heterocycles. The standard InChI is InChI=1S/C19H24N2O4/c1-3-18(22)21(12-16-5-4-8-25-16)11-14-9-13-6-7-15(24-2)10-17(13)20-19(14)23/h6-7,9-10,16H,3-5,8,11-12H2,1-2H3,(H,20,23)/t16-/m1/s1. The van der Waals surface area contributed by atoms with Gasteiger partial charge in [-0.1, -0.05) is 6.92 Å². The monoisotopic (exact) mass is 344 g/mol. The SMILES string of the molecule is CCC(=O)N(Cc1cc2ccc(OC)cc2[nH]c1=O)C[C@H]1CCCO1. The zero-order valence-corrected chi connectivity index (χ0v) is 14.7. The van der Waals surface area contributed by atoms with Crippen molar-refractivity contribution in [2.45, 2.75) is 38.8 Å². The zero-order chi connectivity index (χ0) is 17.8. The Balaban J connectivity index is 1.86. The summed E-state index contributed by atoms with van der Waals surface area (Å²) in [4.78, 5) is 29.4. The predicted molar refractivity (Wildman–Crippen MR) is 95.8 cm³/mol. The van der Waals surface area contributed by atoms with Crippen LogP contribution in [0.4, 0.5) is 0 Å². The largest absolute Gasteiger partial charge is 0.497 e. The molecule has 25 heavy (non-hydrogen) atoms. The average Bonchev–Trinajstić information content (AvgIpc) is 3.13. The third-order valence-corrected chi connectivity index (χ3v) is 4.59. The van der Waals surface area contributed by atoms with Crippen LogP contribution in [0.25, 0.3) is 10.9 Å². The smallest absolute Gasteiger partial charge is 0.253 e. The molecule has 1 fully saturated rings. The predicted octanol–water partition coefficient (Wildman–Crippen LogP) is 2.45. The molecule has 0 bridgehead atoms. The van der Waals surface area contributed by atoms with E-state index in [-0.39, 0.29) is 17.6 Å². The van der Waals surface area contributed by atoms with Gasteiger partial charge in [0.25, 0.3) is 5.56 Å². The Hall–Kier alpha value is -2.34. The van der Waals surface area contributed by atoms with Gasteiger partial charge in [-0.2, -0.15) is 0 Å². The summed E-state index contributed by atoms with van der Waals surface area (Å²) in [6, 6.07) is 7.40. The molecule has 1 aliphatic rings. The number of nitrogens with one attached hydrogen (secondary N) is 1.